The lowest BCUT2D eigenvalue weighted by molar-refractivity contribution is 0.0952. The largest absolute Gasteiger partial charge is 0.361 e. The van der Waals surface area contributed by atoms with Crippen molar-refractivity contribution in [2.75, 3.05) is 0 Å². The van der Waals surface area contributed by atoms with Gasteiger partial charge in [0.1, 0.15) is 0 Å². The van der Waals surface area contributed by atoms with Crippen molar-refractivity contribution in [1.82, 2.24) is 15.3 Å². The zero-order chi connectivity index (χ0) is 13.9. The smallest absolute Gasteiger partial charge is 0.253 e. The van der Waals surface area contributed by atoms with Crippen molar-refractivity contribution in [3.05, 3.63) is 65.6 Å². The van der Waals surface area contributed by atoms with Gasteiger partial charge in [0.2, 0.25) is 0 Å². The molecule has 3 rings (SSSR count). The highest BCUT2D eigenvalue weighted by Crippen LogP contribution is 2.17. The number of fused-ring (bicyclic) bond motifs is 1. The number of H-pyrrole nitrogens is 1. The Balaban J connectivity index is 1.80. The summed E-state index contributed by atoms with van der Waals surface area (Å²) in [5.41, 5.74) is 3.69. The summed E-state index contributed by atoms with van der Waals surface area (Å²) in [6.45, 7) is 2.49. The molecule has 4 heteroatoms. The third-order valence-corrected chi connectivity index (χ3v) is 3.41. The fraction of sp³-hybridized carbons (Fsp3) is 0.125. The first-order valence-electron chi connectivity index (χ1n) is 6.49. The Kier molecular flexibility index (Phi) is 3.21. The highest BCUT2D eigenvalue weighted by molar-refractivity contribution is 6.05. The molecule has 4 nitrogen and oxygen atoms in total. The minimum atomic E-state index is -0.0748. The molecule has 20 heavy (non-hydrogen) atoms. The van der Waals surface area contributed by atoms with E-state index >= 15 is 0 Å². The number of hydrogen-bond donors (Lipinski definition) is 2. The third-order valence-electron chi connectivity index (χ3n) is 3.41. The van der Waals surface area contributed by atoms with E-state index in [4.69, 9.17) is 0 Å². The number of benzene rings is 1. The first-order valence-corrected chi connectivity index (χ1v) is 6.49. The molecule has 2 heterocycles. The van der Waals surface area contributed by atoms with Crippen LogP contribution < -0.4 is 5.32 Å². The maximum atomic E-state index is 12.3. The molecule has 2 N–H and O–H groups in total. The molecule has 0 unspecified atom stereocenters. The van der Waals surface area contributed by atoms with Gasteiger partial charge in [-0.25, -0.2) is 0 Å². The second-order valence-corrected chi connectivity index (χ2v) is 4.73. The molecule has 0 radical (unpaired) electrons. The van der Waals surface area contributed by atoms with Gasteiger partial charge < -0.3 is 10.3 Å². The summed E-state index contributed by atoms with van der Waals surface area (Å²) in [5, 5.41) is 3.99. The van der Waals surface area contributed by atoms with E-state index in [2.05, 4.69) is 15.3 Å². The number of hydrogen-bond acceptors (Lipinski definition) is 2. The first-order chi connectivity index (χ1) is 9.75. The Hall–Kier alpha value is -2.62. The predicted molar refractivity (Wildman–Crippen MR) is 78.4 cm³/mol. The lowest BCUT2D eigenvalue weighted by Gasteiger charge is -2.08. The standard InChI is InChI=1S/C16H15N3O/c1-11-9-17-7-5-13(11)10-19-16(20)14-4-2-3-12-6-8-18-15(12)14/h2-9,18H,10H2,1H3,(H,19,20). The lowest BCUT2D eigenvalue weighted by Crippen LogP contribution is -2.23. The van der Waals surface area contributed by atoms with E-state index in [1.165, 1.54) is 0 Å². The van der Waals surface area contributed by atoms with Crippen molar-refractivity contribution >= 4 is 16.8 Å². The normalized spacial score (nSPS) is 10.7. The molecular weight excluding hydrogens is 250 g/mol. The molecule has 100 valence electrons. The highest BCUT2D eigenvalue weighted by Gasteiger charge is 2.10. The summed E-state index contributed by atoms with van der Waals surface area (Å²) in [4.78, 5) is 19.4. The maximum Gasteiger partial charge on any atom is 0.253 e. The number of aromatic nitrogens is 2. The van der Waals surface area contributed by atoms with Crippen LogP contribution in [0.15, 0.2) is 48.9 Å². The minimum Gasteiger partial charge on any atom is -0.361 e. The van der Waals surface area contributed by atoms with Gasteiger partial charge in [0.15, 0.2) is 0 Å². The molecule has 2 aromatic heterocycles. The summed E-state index contributed by atoms with van der Waals surface area (Å²) in [6, 6.07) is 9.58. The second kappa shape index (κ2) is 5.17. The quantitative estimate of drug-likeness (QED) is 0.765. The van der Waals surface area contributed by atoms with Gasteiger partial charge in [-0.1, -0.05) is 12.1 Å². The number of nitrogens with zero attached hydrogens (tertiary/aromatic N) is 1. The first kappa shape index (κ1) is 12.4. The zero-order valence-electron chi connectivity index (χ0n) is 11.2. The van der Waals surface area contributed by atoms with E-state index in [9.17, 15) is 4.79 Å². The molecule has 0 bridgehead atoms. The number of carbonyl (C=O) groups is 1. The predicted octanol–water partition coefficient (Wildman–Crippen LogP) is 2.80. The summed E-state index contributed by atoms with van der Waals surface area (Å²) < 4.78 is 0. The van der Waals surface area contributed by atoms with Crippen molar-refractivity contribution < 1.29 is 4.79 Å². The molecule has 1 amide bonds. The molecule has 0 saturated carbocycles. The van der Waals surface area contributed by atoms with Crippen LogP contribution in [0.2, 0.25) is 0 Å². The van der Waals surface area contributed by atoms with Crippen molar-refractivity contribution in [3.63, 3.8) is 0 Å². The van der Waals surface area contributed by atoms with Gasteiger partial charge in [0.25, 0.3) is 5.91 Å². The van der Waals surface area contributed by atoms with E-state index in [0.29, 0.717) is 12.1 Å². The summed E-state index contributed by atoms with van der Waals surface area (Å²) in [7, 11) is 0. The van der Waals surface area contributed by atoms with Gasteiger partial charge in [0.05, 0.1) is 11.1 Å². The Morgan fingerprint density at radius 1 is 1.30 bits per heavy atom. The summed E-state index contributed by atoms with van der Waals surface area (Å²) in [6.07, 6.45) is 5.38. The van der Waals surface area contributed by atoms with Crippen LogP contribution in [0.4, 0.5) is 0 Å². The fourth-order valence-electron chi connectivity index (χ4n) is 2.25. The van der Waals surface area contributed by atoms with Gasteiger partial charge >= 0.3 is 0 Å². The highest BCUT2D eigenvalue weighted by atomic mass is 16.1. The molecule has 0 aliphatic carbocycles. The van der Waals surface area contributed by atoms with Crippen LogP contribution in [0.25, 0.3) is 10.9 Å². The SMILES string of the molecule is Cc1cnccc1CNC(=O)c1cccc2cc[nH]c12. The van der Waals surface area contributed by atoms with Gasteiger partial charge in [0, 0.05) is 30.5 Å². The van der Waals surface area contributed by atoms with Gasteiger partial charge in [-0.15, -0.1) is 0 Å². The molecule has 0 spiro atoms. The number of carbonyl (C=O) groups excluding carboxylic acids is 1. The van der Waals surface area contributed by atoms with Crippen molar-refractivity contribution in [1.29, 1.82) is 0 Å². The number of aryl methyl sites for hydroxylation is 1. The summed E-state index contributed by atoms with van der Waals surface area (Å²) in [5.74, 6) is -0.0748. The van der Waals surface area contributed by atoms with Crippen LogP contribution in [-0.4, -0.2) is 15.9 Å². The van der Waals surface area contributed by atoms with Crippen molar-refractivity contribution in [2.24, 2.45) is 0 Å². The van der Waals surface area contributed by atoms with Crippen LogP contribution in [0.5, 0.6) is 0 Å². The van der Waals surface area contributed by atoms with E-state index in [-0.39, 0.29) is 5.91 Å². The summed E-state index contributed by atoms with van der Waals surface area (Å²) >= 11 is 0. The van der Waals surface area contributed by atoms with E-state index in [1.807, 2.05) is 43.5 Å². The Morgan fingerprint density at radius 2 is 2.20 bits per heavy atom. The van der Waals surface area contributed by atoms with Gasteiger partial charge in [-0.05, 0) is 36.2 Å². The van der Waals surface area contributed by atoms with Gasteiger partial charge in [-0.2, -0.15) is 0 Å². The molecule has 0 atom stereocenters. The second-order valence-electron chi connectivity index (χ2n) is 4.73. The molecule has 3 aromatic rings. The monoisotopic (exact) mass is 265 g/mol. The number of aromatic amines is 1. The topological polar surface area (TPSA) is 57.8 Å². The van der Waals surface area contributed by atoms with Crippen LogP contribution in [0.1, 0.15) is 21.5 Å². The molecule has 0 fully saturated rings. The number of pyridine rings is 1. The van der Waals surface area contributed by atoms with E-state index in [1.54, 1.807) is 12.4 Å². The number of rotatable bonds is 3. The van der Waals surface area contributed by atoms with Crippen LogP contribution in [-0.2, 0) is 6.54 Å². The van der Waals surface area contributed by atoms with E-state index in [0.717, 1.165) is 22.0 Å². The molecule has 0 saturated heterocycles. The Bertz CT molecular complexity index is 761. The van der Waals surface area contributed by atoms with Crippen LogP contribution in [0.3, 0.4) is 0 Å². The minimum absolute atomic E-state index is 0.0748. The fourth-order valence-corrected chi connectivity index (χ4v) is 2.25. The molecule has 0 aliphatic heterocycles. The zero-order valence-corrected chi connectivity index (χ0v) is 11.2. The average molecular weight is 265 g/mol. The average Bonchev–Trinajstić information content (AvgIpc) is 2.94. The number of nitrogens with one attached hydrogen (secondary N) is 2. The van der Waals surface area contributed by atoms with Gasteiger partial charge in [-0.3, -0.25) is 9.78 Å². The number of amides is 1. The van der Waals surface area contributed by atoms with Crippen LogP contribution in [0, 0.1) is 6.92 Å². The van der Waals surface area contributed by atoms with E-state index < -0.39 is 0 Å². The van der Waals surface area contributed by atoms with Crippen LogP contribution >= 0.6 is 0 Å². The maximum absolute atomic E-state index is 12.3. The Morgan fingerprint density at radius 3 is 3.05 bits per heavy atom. The molecular formula is C16H15N3O. The van der Waals surface area contributed by atoms with Crippen molar-refractivity contribution in [2.45, 2.75) is 13.5 Å². The van der Waals surface area contributed by atoms with Crippen molar-refractivity contribution in [3.8, 4) is 0 Å². The molecule has 0 aliphatic rings. The Labute approximate surface area is 116 Å². The lowest BCUT2D eigenvalue weighted by atomic mass is 10.1. The number of para-hydroxylation sites is 1. The molecule has 1 aromatic carbocycles. The third kappa shape index (κ3) is 2.28.